The van der Waals surface area contributed by atoms with Crippen LogP contribution in [0, 0.1) is 0 Å². The number of aromatic nitrogens is 3. The van der Waals surface area contributed by atoms with Gasteiger partial charge in [-0.3, -0.25) is 9.59 Å². The van der Waals surface area contributed by atoms with Crippen molar-refractivity contribution in [3.8, 4) is 0 Å². The minimum atomic E-state index is -0.885. The van der Waals surface area contributed by atoms with Gasteiger partial charge in [0.1, 0.15) is 0 Å². The van der Waals surface area contributed by atoms with E-state index in [0.29, 0.717) is 6.42 Å². The summed E-state index contributed by atoms with van der Waals surface area (Å²) in [6, 6.07) is 0. The van der Waals surface area contributed by atoms with E-state index in [1.807, 2.05) is 0 Å². The molecule has 7 heteroatoms. The molecule has 0 radical (unpaired) electrons. The molecule has 0 spiro atoms. The van der Waals surface area contributed by atoms with E-state index in [2.05, 4.69) is 20.7 Å². The number of aromatic amines is 1. The molecule has 1 heterocycles. The third-order valence-corrected chi connectivity index (χ3v) is 2.06. The van der Waals surface area contributed by atoms with Crippen molar-refractivity contribution < 1.29 is 14.7 Å². The largest absolute Gasteiger partial charge is 0.481 e. The standard InChI is InChI=1S/C9H14N4O3/c1-9(2,4-3-7(14)15)11-8(16)6-5-10-13-12-6/h5H,3-4H2,1-2H3,(H,11,16)(H,14,15)(H,10,12,13). The molecule has 1 aromatic rings. The van der Waals surface area contributed by atoms with E-state index in [9.17, 15) is 9.59 Å². The molecule has 0 atom stereocenters. The first-order valence-electron chi connectivity index (χ1n) is 4.81. The molecule has 0 bridgehead atoms. The van der Waals surface area contributed by atoms with Crippen molar-refractivity contribution in [1.29, 1.82) is 0 Å². The molecule has 88 valence electrons. The summed E-state index contributed by atoms with van der Waals surface area (Å²) in [6.45, 7) is 3.52. The normalized spacial score (nSPS) is 11.1. The van der Waals surface area contributed by atoms with Crippen molar-refractivity contribution in [3.63, 3.8) is 0 Å². The van der Waals surface area contributed by atoms with Crippen molar-refractivity contribution >= 4 is 11.9 Å². The summed E-state index contributed by atoms with van der Waals surface area (Å²) in [7, 11) is 0. The number of nitrogens with one attached hydrogen (secondary N) is 2. The molecule has 0 aliphatic carbocycles. The Bertz CT molecular complexity index is 372. The number of carboxylic acid groups (broad SMARTS) is 1. The lowest BCUT2D eigenvalue weighted by Gasteiger charge is -2.24. The predicted octanol–water partition coefficient (Wildman–Crippen LogP) is 0.178. The van der Waals surface area contributed by atoms with Gasteiger partial charge >= 0.3 is 5.97 Å². The zero-order valence-corrected chi connectivity index (χ0v) is 9.15. The van der Waals surface area contributed by atoms with Crippen molar-refractivity contribution in [1.82, 2.24) is 20.7 Å². The summed E-state index contributed by atoms with van der Waals surface area (Å²) >= 11 is 0. The highest BCUT2D eigenvalue weighted by molar-refractivity contribution is 5.92. The van der Waals surface area contributed by atoms with E-state index in [-0.39, 0.29) is 18.0 Å². The Kier molecular flexibility index (Phi) is 3.60. The average molecular weight is 226 g/mol. The van der Waals surface area contributed by atoms with Crippen LogP contribution in [-0.2, 0) is 4.79 Å². The van der Waals surface area contributed by atoms with Gasteiger partial charge in [0, 0.05) is 12.0 Å². The fourth-order valence-corrected chi connectivity index (χ4v) is 1.16. The van der Waals surface area contributed by atoms with Crippen LogP contribution in [0.15, 0.2) is 6.20 Å². The quantitative estimate of drug-likeness (QED) is 0.663. The number of aliphatic carboxylic acids is 1. The van der Waals surface area contributed by atoms with E-state index in [1.54, 1.807) is 13.8 Å². The van der Waals surface area contributed by atoms with Gasteiger partial charge in [-0.05, 0) is 20.3 Å². The third kappa shape index (κ3) is 3.68. The summed E-state index contributed by atoms with van der Waals surface area (Å²) in [4.78, 5) is 22.0. The highest BCUT2D eigenvalue weighted by atomic mass is 16.4. The lowest BCUT2D eigenvalue weighted by molar-refractivity contribution is -0.137. The van der Waals surface area contributed by atoms with E-state index in [1.165, 1.54) is 6.20 Å². The van der Waals surface area contributed by atoms with Gasteiger partial charge in [0.05, 0.1) is 6.20 Å². The fraction of sp³-hybridized carbons (Fsp3) is 0.556. The second kappa shape index (κ2) is 4.73. The zero-order chi connectivity index (χ0) is 12.2. The first kappa shape index (κ1) is 12.2. The summed E-state index contributed by atoms with van der Waals surface area (Å²) in [5, 5.41) is 20.7. The minimum absolute atomic E-state index is 0.00605. The first-order valence-corrected chi connectivity index (χ1v) is 4.81. The van der Waals surface area contributed by atoms with Crippen LogP contribution in [0.25, 0.3) is 0 Å². The molecule has 3 N–H and O–H groups in total. The topological polar surface area (TPSA) is 108 Å². The van der Waals surface area contributed by atoms with Gasteiger partial charge in [-0.2, -0.15) is 15.4 Å². The molecule has 0 unspecified atom stereocenters. The Labute approximate surface area is 92.2 Å². The number of hydrogen-bond acceptors (Lipinski definition) is 4. The maximum atomic E-state index is 11.6. The van der Waals surface area contributed by atoms with Crippen LogP contribution in [0.1, 0.15) is 37.2 Å². The first-order chi connectivity index (χ1) is 7.41. The summed E-state index contributed by atoms with van der Waals surface area (Å²) in [5.74, 6) is -1.26. The minimum Gasteiger partial charge on any atom is -0.481 e. The number of carbonyl (C=O) groups excluding carboxylic acids is 1. The molecule has 7 nitrogen and oxygen atoms in total. The molecule has 1 aromatic heterocycles. The van der Waals surface area contributed by atoms with Gasteiger partial charge in [-0.15, -0.1) is 0 Å². The number of amides is 1. The molecule has 0 saturated carbocycles. The second-order valence-electron chi connectivity index (χ2n) is 4.09. The molecule has 0 aliphatic rings. The van der Waals surface area contributed by atoms with Crippen LogP contribution in [0.4, 0.5) is 0 Å². The summed E-state index contributed by atoms with van der Waals surface area (Å²) in [5.41, 5.74) is -0.405. The number of H-pyrrole nitrogens is 1. The van der Waals surface area contributed by atoms with Gasteiger partial charge in [0.15, 0.2) is 5.69 Å². The highest BCUT2D eigenvalue weighted by Crippen LogP contribution is 2.11. The van der Waals surface area contributed by atoms with Crippen LogP contribution >= 0.6 is 0 Å². The Hall–Kier alpha value is -1.92. The van der Waals surface area contributed by atoms with Crippen LogP contribution in [0.3, 0.4) is 0 Å². The smallest absolute Gasteiger partial charge is 0.303 e. The summed E-state index contributed by atoms with van der Waals surface area (Å²) in [6.07, 6.45) is 1.67. The number of carbonyl (C=O) groups is 2. The van der Waals surface area contributed by atoms with Crippen molar-refractivity contribution in [3.05, 3.63) is 11.9 Å². The highest BCUT2D eigenvalue weighted by Gasteiger charge is 2.23. The summed E-state index contributed by atoms with van der Waals surface area (Å²) < 4.78 is 0. The van der Waals surface area contributed by atoms with E-state index < -0.39 is 11.5 Å². The maximum Gasteiger partial charge on any atom is 0.303 e. The number of nitrogens with zero attached hydrogens (tertiary/aromatic N) is 2. The zero-order valence-electron chi connectivity index (χ0n) is 9.15. The Morgan fingerprint density at radius 3 is 2.75 bits per heavy atom. The average Bonchev–Trinajstić information content (AvgIpc) is 2.67. The Morgan fingerprint density at radius 2 is 2.25 bits per heavy atom. The molecule has 0 aromatic carbocycles. The van der Waals surface area contributed by atoms with Crippen molar-refractivity contribution in [2.75, 3.05) is 0 Å². The lowest BCUT2D eigenvalue weighted by atomic mass is 9.98. The maximum absolute atomic E-state index is 11.6. The van der Waals surface area contributed by atoms with Crippen LogP contribution in [0.2, 0.25) is 0 Å². The fourth-order valence-electron chi connectivity index (χ4n) is 1.16. The second-order valence-corrected chi connectivity index (χ2v) is 4.09. The van der Waals surface area contributed by atoms with Crippen molar-refractivity contribution in [2.24, 2.45) is 0 Å². The Morgan fingerprint density at radius 1 is 1.56 bits per heavy atom. The number of hydrogen-bond donors (Lipinski definition) is 3. The third-order valence-electron chi connectivity index (χ3n) is 2.06. The van der Waals surface area contributed by atoms with Crippen LogP contribution < -0.4 is 5.32 Å². The molecule has 0 fully saturated rings. The molecular formula is C9H14N4O3. The van der Waals surface area contributed by atoms with Gasteiger partial charge in [-0.25, -0.2) is 0 Å². The molecule has 0 saturated heterocycles. The molecule has 0 aliphatic heterocycles. The molecular weight excluding hydrogens is 212 g/mol. The van der Waals surface area contributed by atoms with E-state index >= 15 is 0 Å². The number of carboxylic acids is 1. The lowest BCUT2D eigenvalue weighted by Crippen LogP contribution is -2.43. The monoisotopic (exact) mass is 226 g/mol. The van der Waals surface area contributed by atoms with Gasteiger partial charge in [-0.1, -0.05) is 0 Å². The number of rotatable bonds is 5. The molecule has 1 amide bonds. The van der Waals surface area contributed by atoms with Gasteiger partial charge in [0.2, 0.25) is 0 Å². The van der Waals surface area contributed by atoms with Gasteiger partial charge in [0.25, 0.3) is 5.91 Å². The molecule has 16 heavy (non-hydrogen) atoms. The van der Waals surface area contributed by atoms with Crippen LogP contribution in [-0.4, -0.2) is 37.9 Å². The SMILES string of the molecule is CC(C)(CCC(=O)O)NC(=O)c1cn[nH]n1. The van der Waals surface area contributed by atoms with Crippen LogP contribution in [0.5, 0.6) is 0 Å². The van der Waals surface area contributed by atoms with E-state index in [4.69, 9.17) is 5.11 Å². The van der Waals surface area contributed by atoms with E-state index in [0.717, 1.165) is 0 Å². The predicted molar refractivity (Wildman–Crippen MR) is 54.8 cm³/mol. The van der Waals surface area contributed by atoms with Crippen molar-refractivity contribution in [2.45, 2.75) is 32.2 Å². The molecule has 1 rings (SSSR count). The Balaban J connectivity index is 2.52. The van der Waals surface area contributed by atoms with Gasteiger partial charge < -0.3 is 10.4 Å².